The first-order valence-corrected chi connectivity index (χ1v) is 9.88. The lowest BCUT2D eigenvalue weighted by Crippen LogP contribution is -2.45. The monoisotopic (exact) mass is 348 g/mol. The van der Waals surface area contributed by atoms with Crippen molar-refractivity contribution in [1.82, 2.24) is 25.4 Å². The summed E-state index contributed by atoms with van der Waals surface area (Å²) >= 11 is 0. The van der Waals surface area contributed by atoms with E-state index in [0.717, 1.165) is 57.3 Å². The number of guanidine groups is 1. The molecule has 1 saturated heterocycles. The predicted molar refractivity (Wildman–Crippen MR) is 98.7 cm³/mol. The Bertz CT molecular complexity index is 531. The van der Waals surface area contributed by atoms with E-state index < -0.39 is 0 Å². The van der Waals surface area contributed by atoms with Crippen molar-refractivity contribution in [2.45, 2.75) is 77.0 Å². The topological polar surface area (TPSA) is 76.4 Å². The van der Waals surface area contributed by atoms with Crippen LogP contribution in [-0.4, -0.2) is 52.6 Å². The number of rotatable bonds is 7. The van der Waals surface area contributed by atoms with Crippen molar-refractivity contribution in [2.24, 2.45) is 4.99 Å². The van der Waals surface area contributed by atoms with E-state index in [9.17, 15) is 0 Å². The molecule has 2 heterocycles. The van der Waals surface area contributed by atoms with E-state index in [1.54, 1.807) is 6.33 Å². The van der Waals surface area contributed by atoms with Crippen LogP contribution in [0.2, 0.25) is 0 Å². The molecule has 2 aliphatic rings. The summed E-state index contributed by atoms with van der Waals surface area (Å²) in [5, 5.41) is 15.3. The lowest BCUT2D eigenvalue weighted by Gasteiger charge is -2.25. The highest BCUT2D eigenvalue weighted by atomic mass is 16.5. The quantitative estimate of drug-likeness (QED) is 0.581. The Balaban J connectivity index is 1.51. The lowest BCUT2D eigenvalue weighted by molar-refractivity contribution is 0.117. The average molecular weight is 348 g/mol. The van der Waals surface area contributed by atoms with Gasteiger partial charge in [-0.05, 0) is 25.7 Å². The van der Waals surface area contributed by atoms with E-state index in [4.69, 9.17) is 9.73 Å². The van der Waals surface area contributed by atoms with Gasteiger partial charge in [0.25, 0.3) is 0 Å². The second-order valence-electron chi connectivity index (χ2n) is 7.02. The summed E-state index contributed by atoms with van der Waals surface area (Å²) in [5.74, 6) is 1.95. The Morgan fingerprint density at radius 1 is 1.28 bits per heavy atom. The molecule has 7 heteroatoms. The molecule has 1 atom stereocenters. The highest BCUT2D eigenvalue weighted by Gasteiger charge is 2.17. The van der Waals surface area contributed by atoms with Crippen LogP contribution in [0.3, 0.4) is 0 Å². The van der Waals surface area contributed by atoms with Crippen LogP contribution < -0.4 is 10.6 Å². The molecule has 2 N–H and O–H groups in total. The molecule has 1 aromatic heterocycles. The molecule has 0 bridgehead atoms. The maximum atomic E-state index is 5.70. The zero-order valence-electron chi connectivity index (χ0n) is 15.4. The number of hydrogen-bond donors (Lipinski definition) is 2. The minimum atomic E-state index is 0.287. The molecule has 0 radical (unpaired) electrons. The molecule has 7 nitrogen and oxygen atoms in total. The molecule has 1 aromatic rings. The summed E-state index contributed by atoms with van der Waals surface area (Å²) < 4.78 is 7.81. The van der Waals surface area contributed by atoms with Gasteiger partial charge in [0.1, 0.15) is 12.2 Å². The fraction of sp³-hybridized carbons (Fsp3) is 0.833. The number of aliphatic imine (C=N–C) groups is 1. The number of ether oxygens (including phenoxy) is 1. The summed E-state index contributed by atoms with van der Waals surface area (Å²) in [7, 11) is 0. The average Bonchev–Trinajstić information content (AvgIpc) is 3.32. The van der Waals surface area contributed by atoms with Crippen LogP contribution in [0.15, 0.2) is 11.3 Å². The third-order valence-corrected chi connectivity index (χ3v) is 5.08. The fourth-order valence-corrected chi connectivity index (χ4v) is 3.61. The van der Waals surface area contributed by atoms with Crippen LogP contribution in [-0.2, 0) is 17.7 Å². The molecular formula is C18H32N6O. The molecule has 0 spiro atoms. The Morgan fingerprint density at radius 3 is 2.92 bits per heavy atom. The zero-order valence-corrected chi connectivity index (χ0v) is 15.4. The number of hydrogen-bond acceptors (Lipinski definition) is 4. The Kier molecular flexibility index (Phi) is 7.09. The number of nitrogens with one attached hydrogen (secondary N) is 2. The van der Waals surface area contributed by atoms with E-state index in [1.165, 1.54) is 32.1 Å². The van der Waals surface area contributed by atoms with Crippen LogP contribution in [0.1, 0.15) is 57.7 Å². The molecule has 0 aromatic carbocycles. The van der Waals surface area contributed by atoms with Gasteiger partial charge in [0, 0.05) is 32.2 Å². The maximum absolute atomic E-state index is 5.70. The fourth-order valence-electron chi connectivity index (χ4n) is 3.61. The van der Waals surface area contributed by atoms with Gasteiger partial charge in [-0.15, -0.1) is 10.2 Å². The smallest absolute Gasteiger partial charge is 0.191 e. The van der Waals surface area contributed by atoms with Crippen molar-refractivity contribution in [3.8, 4) is 0 Å². The molecule has 1 saturated carbocycles. The Labute approximate surface area is 150 Å². The van der Waals surface area contributed by atoms with Gasteiger partial charge in [-0.2, -0.15) is 0 Å². The number of aromatic nitrogens is 3. The molecule has 3 rings (SSSR count). The molecule has 140 valence electrons. The van der Waals surface area contributed by atoms with Gasteiger partial charge in [-0.3, -0.25) is 4.99 Å². The van der Waals surface area contributed by atoms with E-state index in [1.807, 2.05) is 0 Å². The third kappa shape index (κ3) is 5.70. The van der Waals surface area contributed by atoms with Crippen LogP contribution in [0.4, 0.5) is 0 Å². The highest BCUT2D eigenvalue weighted by Crippen LogP contribution is 2.17. The van der Waals surface area contributed by atoms with E-state index in [2.05, 4.69) is 32.3 Å². The van der Waals surface area contributed by atoms with Gasteiger partial charge in [-0.25, -0.2) is 0 Å². The van der Waals surface area contributed by atoms with Crippen molar-refractivity contribution < 1.29 is 4.74 Å². The summed E-state index contributed by atoms with van der Waals surface area (Å²) in [4.78, 5) is 4.79. The second-order valence-corrected chi connectivity index (χ2v) is 7.02. The third-order valence-electron chi connectivity index (χ3n) is 5.08. The zero-order chi connectivity index (χ0) is 17.3. The molecule has 2 fully saturated rings. The second kappa shape index (κ2) is 9.75. The van der Waals surface area contributed by atoms with Gasteiger partial charge in [0.15, 0.2) is 5.96 Å². The van der Waals surface area contributed by atoms with Crippen molar-refractivity contribution in [3.63, 3.8) is 0 Å². The SMILES string of the molecule is CCc1nncn1CCNC(=NCC1CCCO1)NC1CCCCC1. The molecular weight excluding hydrogens is 316 g/mol. The Hall–Kier alpha value is -1.63. The van der Waals surface area contributed by atoms with Crippen molar-refractivity contribution in [1.29, 1.82) is 0 Å². The maximum Gasteiger partial charge on any atom is 0.191 e. The molecule has 1 aliphatic heterocycles. The first-order valence-electron chi connectivity index (χ1n) is 9.88. The highest BCUT2D eigenvalue weighted by molar-refractivity contribution is 5.80. The van der Waals surface area contributed by atoms with E-state index >= 15 is 0 Å². The van der Waals surface area contributed by atoms with Gasteiger partial charge >= 0.3 is 0 Å². The number of aryl methyl sites for hydroxylation is 1. The van der Waals surface area contributed by atoms with Crippen LogP contribution in [0.5, 0.6) is 0 Å². The van der Waals surface area contributed by atoms with Crippen LogP contribution >= 0.6 is 0 Å². The molecule has 25 heavy (non-hydrogen) atoms. The minimum absolute atomic E-state index is 0.287. The standard InChI is InChI=1S/C18H32N6O/c1-2-17-23-21-14-24(17)11-10-19-18(20-13-16-9-6-12-25-16)22-15-7-4-3-5-8-15/h14-16H,2-13H2,1H3,(H2,19,20,22). The first kappa shape index (κ1) is 18.2. The van der Waals surface area contributed by atoms with Crippen LogP contribution in [0.25, 0.3) is 0 Å². The van der Waals surface area contributed by atoms with Crippen molar-refractivity contribution in [3.05, 3.63) is 12.2 Å². The summed E-state index contributed by atoms with van der Waals surface area (Å²) in [6.45, 7) is 5.39. The minimum Gasteiger partial charge on any atom is -0.376 e. The summed E-state index contributed by atoms with van der Waals surface area (Å²) in [6, 6.07) is 0.547. The molecule has 1 unspecified atom stereocenters. The van der Waals surface area contributed by atoms with Gasteiger partial charge in [0.2, 0.25) is 0 Å². The largest absolute Gasteiger partial charge is 0.376 e. The van der Waals surface area contributed by atoms with Gasteiger partial charge < -0.3 is 19.9 Å². The van der Waals surface area contributed by atoms with Crippen molar-refractivity contribution >= 4 is 5.96 Å². The molecule has 0 amide bonds. The van der Waals surface area contributed by atoms with E-state index in [0.29, 0.717) is 6.04 Å². The first-order chi connectivity index (χ1) is 12.3. The lowest BCUT2D eigenvalue weighted by atomic mass is 9.96. The van der Waals surface area contributed by atoms with Gasteiger partial charge in [0.05, 0.1) is 12.6 Å². The van der Waals surface area contributed by atoms with E-state index in [-0.39, 0.29) is 6.10 Å². The van der Waals surface area contributed by atoms with Crippen LogP contribution in [0, 0.1) is 0 Å². The normalized spacial score (nSPS) is 22.3. The summed E-state index contributed by atoms with van der Waals surface area (Å²) in [6.07, 6.45) is 11.8. The molecule has 1 aliphatic carbocycles. The van der Waals surface area contributed by atoms with Crippen molar-refractivity contribution in [2.75, 3.05) is 19.7 Å². The summed E-state index contributed by atoms with van der Waals surface area (Å²) in [5.41, 5.74) is 0. The Morgan fingerprint density at radius 2 is 2.16 bits per heavy atom. The van der Waals surface area contributed by atoms with Gasteiger partial charge in [-0.1, -0.05) is 26.2 Å². The number of nitrogens with zero attached hydrogens (tertiary/aromatic N) is 4. The predicted octanol–water partition coefficient (Wildman–Crippen LogP) is 1.89.